The van der Waals surface area contributed by atoms with E-state index >= 15 is 0 Å². The fourth-order valence-corrected chi connectivity index (χ4v) is 5.73. The summed E-state index contributed by atoms with van der Waals surface area (Å²) in [5, 5.41) is 3.10. The van der Waals surface area contributed by atoms with Crippen molar-refractivity contribution in [1.29, 1.82) is 0 Å². The van der Waals surface area contributed by atoms with Gasteiger partial charge in [-0.3, -0.25) is 9.10 Å². The fraction of sp³-hybridized carbons (Fsp3) is 0.321. The second kappa shape index (κ2) is 10.6. The topological polar surface area (TPSA) is 84.9 Å². The van der Waals surface area contributed by atoms with Crippen LogP contribution in [0.15, 0.2) is 77.7 Å². The standard InChI is InChI=1S/C28H32N2O5S/c1-19(2)17-24(21-11-13-22(34-4)14-12-21)29-28(31)27-18-30(25-7-5-6-8-26(25)35-27)36(32,33)23-15-9-20(3)10-16-23/h5-16,19,24,27H,17-18H2,1-4H3,(H,29,31)/t24-,27-/m0/s1. The summed E-state index contributed by atoms with van der Waals surface area (Å²) in [5.74, 6) is 1.04. The van der Waals surface area contributed by atoms with Crippen molar-refractivity contribution < 1.29 is 22.7 Å². The molecule has 1 aliphatic rings. The summed E-state index contributed by atoms with van der Waals surface area (Å²) in [6.07, 6.45) is -0.291. The highest BCUT2D eigenvalue weighted by Gasteiger charge is 2.38. The number of hydrogen-bond acceptors (Lipinski definition) is 5. The van der Waals surface area contributed by atoms with Gasteiger partial charge in [0.2, 0.25) is 0 Å². The number of sulfonamides is 1. The molecule has 1 amide bonds. The molecule has 0 fully saturated rings. The van der Waals surface area contributed by atoms with Crippen molar-refractivity contribution >= 4 is 21.6 Å². The Morgan fingerprint density at radius 3 is 2.36 bits per heavy atom. The van der Waals surface area contributed by atoms with E-state index in [0.29, 0.717) is 23.8 Å². The molecule has 1 N–H and O–H groups in total. The fourth-order valence-electron chi connectivity index (χ4n) is 4.25. The number of ether oxygens (including phenoxy) is 2. The number of para-hydroxylation sites is 2. The van der Waals surface area contributed by atoms with Crippen LogP contribution >= 0.6 is 0 Å². The Bertz CT molecular complexity index is 1300. The average molecular weight is 509 g/mol. The van der Waals surface area contributed by atoms with Crippen molar-refractivity contribution in [3.8, 4) is 11.5 Å². The van der Waals surface area contributed by atoms with E-state index < -0.39 is 16.1 Å². The lowest BCUT2D eigenvalue weighted by Crippen LogP contribution is -2.51. The first kappa shape index (κ1) is 25.6. The third-order valence-electron chi connectivity index (χ3n) is 6.18. The lowest BCUT2D eigenvalue weighted by molar-refractivity contribution is -0.128. The van der Waals surface area contributed by atoms with Gasteiger partial charge in [-0.05, 0) is 61.2 Å². The molecular weight excluding hydrogens is 476 g/mol. The molecule has 3 aromatic carbocycles. The van der Waals surface area contributed by atoms with Gasteiger partial charge in [0, 0.05) is 0 Å². The summed E-state index contributed by atoms with van der Waals surface area (Å²) in [7, 11) is -2.30. The van der Waals surface area contributed by atoms with Crippen molar-refractivity contribution in [2.24, 2.45) is 5.92 Å². The molecule has 1 aliphatic heterocycles. The zero-order valence-corrected chi connectivity index (χ0v) is 21.8. The molecule has 0 bridgehead atoms. The molecule has 4 rings (SSSR count). The van der Waals surface area contributed by atoms with Crippen LogP contribution < -0.4 is 19.1 Å². The zero-order valence-electron chi connectivity index (χ0n) is 21.0. The third kappa shape index (κ3) is 5.49. The number of amides is 1. The van der Waals surface area contributed by atoms with Crippen molar-refractivity contribution in [3.63, 3.8) is 0 Å². The summed E-state index contributed by atoms with van der Waals surface area (Å²) in [6, 6.07) is 20.9. The summed E-state index contributed by atoms with van der Waals surface area (Å²) in [6.45, 7) is 5.95. The first-order valence-electron chi connectivity index (χ1n) is 12.0. The van der Waals surface area contributed by atoms with E-state index in [1.807, 2.05) is 31.2 Å². The lowest BCUT2D eigenvalue weighted by atomic mass is 9.96. The Kier molecular flexibility index (Phi) is 7.54. The van der Waals surface area contributed by atoms with Crippen LogP contribution in [-0.2, 0) is 14.8 Å². The molecule has 1 heterocycles. The van der Waals surface area contributed by atoms with E-state index in [0.717, 1.165) is 16.9 Å². The second-order valence-corrected chi connectivity index (χ2v) is 11.2. The van der Waals surface area contributed by atoms with Gasteiger partial charge in [-0.2, -0.15) is 0 Å². The number of carbonyl (C=O) groups is 1. The highest BCUT2D eigenvalue weighted by molar-refractivity contribution is 7.92. The normalized spacial score (nSPS) is 16.1. The number of anilines is 1. The van der Waals surface area contributed by atoms with Crippen LogP contribution in [0.4, 0.5) is 5.69 Å². The van der Waals surface area contributed by atoms with Gasteiger partial charge in [-0.15, -0.1) is 0 Å². The van der Waals surface area contributed by atoms with E-state index in [9.17, 15) is 13.2 Å². The molecule has 36 heavy (non-hydrogen) atoms. The zero-order chi connectivity index (χ0) is 25.9. The largest absolute Gasteiger partial charge is 0.497 e. The van der Waals surface area contributed by atoms with Crippen LogP contribution in [0.5, 0.6) is 11.5 Å². The molecule has 0 aromatic heterocycles. The van der Waals surface area contributed by atoms with E-state index in [1.54, 1.807) is 55.6 Å². The Hall–Kier alpha value is -3.52. The molecule has 190 valence electrons. The van der Waals surface area contributed by atoms with E-state index in [1.165, 1.54) is 4.31 Å². The maximum atomic E-state index is 13.6. The second-order valence-electron chi connectivity index (χ2n) is 9.39. The smallest absolute Gasteiger partial charge is 0.264 e. The summed E-state index contributed by atoms with van der Waals surface area (Å²) in [4.78, 5) is 13.6. The Morgan fingerprint density at radius 2 is 1.72 bits per heavy atom. The monoisotopic (exact) mass is 508 g/mol. The number of nitrogens with one attached hydrogen (secondary N) is 1. The summed E-state index contributed by atoms with van der Waals surface area (Å²) < 4.78 is 39.8. The van der Waals surface area contributed by atoms with Crippen LogP contribution in [0.2, 0.25) is 0 Å². The molecule has 0 radical (unpaired) electrons. The van der Waals surface area contributed by atoms with Gasteiger partial charge in [0.25, 0.3) is 15.9 Å². The maximum absolute atomic E-state index is 13.6. The van der Waals surface area contributed by atoms with Gasteiger partial charge in [0.1, 0.15) is 11.5 Å². The first-order valence-corrected chi connectivity index (χ1v) is 13.4. The highest BCUT2D eigenvalue weighted by atomic mass is 32.2. The van der Waals surface area contributed by atoms with E-state index in [2.05, 4.69) is 19.2 Å². The Labute approximate surface area is 213 Å². The molecule has 8 heteroatoms. The van der Waals surface area contributed by atoms with Gasteiger partial charge in [0.15, 0.2) is 6.10 Å². The summed E-state index contributed by atoms with van der Waals surface area (Å²) in [5.41, 5.74) is 2.32. The number of rotatable bonds is 8. The number of fused-ring (bicyclic) bond motifs is 1. The van der Waals surface area contributed by atoms with Crippen molar-refractivity contribution in [1.82, 2.24) is 5.32 Å². The number of benzene rings is 3. The van der Waals surface area contributed by atoms with Crippen LogP contribution in [0, 0.1) is 12.8 Å². The molecule has 0 aliphatic carbocycles. The van der Waals surface area contributed by atoms with Gasteiger partial charge in [-0.1, -0.05) is 55.8 Å². The van der Waals surface area contributed by atoms with Gasteiger partial charge in [0.05, 0.1) is 30.3 Å². The van der Waals surface area contributed by atoms with Crippen molar-refractivity contribution in [2.45, 2.75) is 44.2 Å². The first-order chi connectivity index (χ1) is 17.2. The van der Waals surface area contributed by atoms with Crippen molar-refractivity contribution in [3.05, 3.63) is 83.9 Å². The molecule has 0 unspecified atom stereocenters. The van der Waals surface area contributed by atoms with Gasteiger partial charge < -0.3 is 14.8 Å². The number of methoxy groups -OCH3 is 1. The molecular formula is C28H32N2O5S. The Morgan fingerprint density at radius 1 is 1.06 bits per heavy atom. The SMILES string of the molecule is COc1ccc([C@H](CC(C)C)NC(=O)[C@@H]2CN(S(=O)(=O)c3ccc(C)cc3)c3ccccc3O2)cc1. The van der Waals surface area contributed by atoms with Crippen molar-refractivity contribution in [2.75, 3.05) is 18.0 Å². The Balaban J connectivity index is 1.62. The number of aryl methyl sites for hydroxylation is 1. The van der Waals surface area contributed by atoms with Crippen LogP contribution in [0.1, 0.15) is 37.4 Å². The van der Waals surface area contributed by atoms with Crippen LogP contribution in [-0.4, -0.2) is 34.1 Å². The maximum Gasteiger partial charge on any atom is 0.264 e. The minimum absolute atomic E-state index is 0.129. The highest BCUT2D eigenvalue weighted by Crippen LogP contribution is 2.37. The molecule has 0 saturated carbocycles. The number of carbonyl (C=O) groups excluding carboxylic acids is 1. The summed E-state index contributed by atoms with van der Waals surface area (Å²) >= 11 is 0. The third-order valence-corrected chi connectivity index (χ3v) is 7.97. The molecule has 2 atom stereocenters. The van der Waals surface area contributed by atoms with Crippen LogP contribution in [0.25, 0.3) is 0 Å². The van der Waals surface area contributed by atoms with Gasteiger partial charge in [-0.25, -0.2) is 8.42 Å². The van der Waals surface area contributed by atoms with Crippen LogP contribution in [0.3, 0.4) is 0 Å². The molecule has 3 aromatic rings. The predicted molar refractivity (Wildman–Crippen MR) is 140 cm³/mol. The molecule has 0 spiro atoms. The quantitative estimate of drug-likeness (QED) is 0.470. The predicted octanol–water partition coefficient (Wildman–Crippen LogP) is 4.86. The molecule has 7 nitrogen and oxygen atoms in total. The molecule has 0 saturated heterocycles. The minimum Gasteiger partial charge on any atom is -0.497 e. The minimum atomic E-state index is -3.91. The van der Waals surface area contributed by atoms with Gasteiger partial charge >= 0.3 is 0 Å². The number of hydrogen-bond donors (Lipinski definition) is 1. The van der Waals surface area contributed by atoms with E-state index in [-0.39, 0.29) is 23.4 Å². The lowest BCUT2D eigenvalue weighted by Gasteiger charge is -2.35. The van der Waals surface area contributed by atoms with E-state index in [4.69, 9.17) is 9.47 Å². The average Bonchev–Trinajstić information content (AvgIpc) is 2.87. The number of nitrogens with zero attached hydrogens (tertiary/aromatic N) is 1.